The predicted octanol–water partition coefficient (Wildman–Crippen LogP) is 3.54. The molecule has 0 aromatic heterocycles. The van der Waals surface area contributed by atoms with Crippen molar-refractivity contribution in [3.05, 3.63) is 35.4 Å². The van der Waals surface area contributed by atoms with E-state index in [1.165, 1.54) is 43.2 Å². The highest BCUT2D eigenvalue weighted by molar-refractivity contribution is 5.80. The van der Waals surface area contributed by atoms with Crippen molar-refractivity contribution >= 4 is 11.9 Å². The van der Waals surface area contributed by atoms with Crippen LogP contribution in [-0.2, 0) is 17.9 Å². The number of aliphatic imine (C=N–C) groups is 1. The van der Waals surface area contributed by atoms with Gasteiger partial charge < -0.3 is 15.1 Å². The second kappa shape index (κ2) is 8.54. The molecule has 3 fully saturated rings. The number of carbonyl (C=O) groups excluding carboxylic acids is 1. The molecule has 5 nitrogen and oxygen atoms in total. The molecule has 1 saturated carbocycles. The number of hydrogen-bond acceptors (Lipinski definition) is 2. The van der Waals surface area contributed by atoms with Crippen LogP contribution < -0.4 is 5.32 Å². The molecule has 28 heavy (non-hydrogen) atoms. The van der Waals surface area contributed by atoms with Crippen molar-refractivity contribution in [3.63, 3.8) is 0 Å². The molecule has 4 rings (SSSR count). The monoisotopic (exact) mass is 382 g/mol. The van der Waals surface area contributed by atoms with E-state index in [1.807, 2.05) is 4.90 Å². The topological polar surface area (TPSA) is 47.9 Å². The van der Waals surface area contributed by atoms with Gasteiger partial charge in [-0.15, -0.1) is 0 Å². The molecule has 1 aliphatic carbocycles. The third-order valence-electron chi connectivity index (χ3n) is 6.68. The van der Waals surface area contributed by atoms with Gasteiger partial charge in [0.15, 0.2) is 5.96 Å². The van der Waals surface area contributed by atoms with E-state index in [0.717, 1.165) is 45.1 Å². The Morgan fingerprint density at radius 3 is 2.71 bits per heavy atom. The lowest BCUT2D eigenvalue weighted by Gasteiger charge is -2.26. The third kappa shape index (κ3) is 4.34. The summed E-state index contributed by atoms with van der Waals surface area (Å²) < 4.78 is 0. The highest BCUT2D eigenvalue weighted by Crippen LogP contribution is 2.45. The first-order chi connectivity index (χ1) is 13.7. The fraction of sp³-hybridized carbons (Fsp3) is 0.652. The van der Waals surface area contributed by atoms with Crippen LogP contribution in [0.2, 0.25) is 0 Å². The summed E-state index contributed by atoms with van der Waals surface area (Å²) in [6.45, 7) is 7.64. The second-order valence-corrected chi connectivity index (χ2v) is 8.79. The molecular weight excluding hydrogens is 348 g/mol. The predicted molar refractivity (Wildman–Crippen MR) is 113 cm³/mol. The van der Waals surface area contributed by atoms with Gasteiger partial charge in [0.25, 0.3) is 0 Å². The van der Waals surface area contributed by atoms with Gasteiger partial charge in [-0.2, -0.15) is 0 Å². The average molecular weight is 383 g/mol. The number of rotatable bonds is 5. The Morgan fingerprint density at radius 1 is 1.14 bits per heavy atom. The van der Waals surface area contributed by atoms with E-state index >= 15 is 0 Å². The largest absolute Gasteiger partial charge is 0.357 e. The van der Waals surface area contributed by atoms with Crippen molar-refractivity contribution in [2.45, 2.75) is 65.0 Å². The normalized spacial score (nSPS) is 21.9. The zero-order valence-corrected chi connectivity index (χ0v) is 17.3. The number of guanidine groups is 1. The maximum atomic E-state index is 11.9. The van der Waals surface area contributed by atoms with Crippen LogP contribution in [0.15, 0.2) is 29.3 Å². The lowest BCUT2D eigenvalue weighted by molar-refractivity contribution is -0.128. The van der Waals surface area contributed by atoms with Gasteiger partial charge in [0.05, 0.1) is 6.54 Å². The van der Waals surface area contributed by atoms with Gasteiger partial charge in [0.1, 0.15) is 0 Å². The molecule has 2 heterocycles. The quantitative estimate of drug-likeness (QED) is 0.626. The van der Waals surface area contributed by atoms with Crippen molar-refractivity contribution < 1.29 is 4.79 Å². The summed E-state index contributed by atoms with van der Waals surface area (Å²) in [7, 11) is 0. The Bertz CT molecular complexity index is 723. The maximum Gasteiger partial charge on any atom is 0.222 e. The highest BCUT2D eigenvalue weighted by atomic mass is 16.2. The number of nitrogens with one attached hydrogen (secondary N) is 1. The van der Waals surface area contributed by atoms with E-state index in [-0.39, 0.29) is 5.91 Å². The van der Waals surface area contributed by atoms with Crippen molar-refractivity contribution in [2.24, 2.45) is 10.4 Å². The van der Waals surface area contributed by atoms with Crippen LogP contribution in [-0.4, -0.2) is 47.8 Å². The number of benzene rings is 1. The van der Waals surface area contributed by atoms with Crippen LogP contribution in [0.25, 0.3) is 0 Å². The van der Waals surface area contributed by atoms with Crippen LogP contribution in [0.3, 0.4) is 0 Å². The van der Waals surface area contributed by atoms with Gasteiger partial charge in [0.2, 0.25) is 5.91 Å². The van der Waals surface area contributed by atoms with E-state index in [9.17, 15) is 4.79 Å². The van der Waals surface area contributed by atoms with Gasteiger partial charge in [-0.3, -0.25) is 4.79 Å². The number of nitrogens with zero attached hydrogens (tertiary/aromatic N) is 3. The SMILES string of the molecule is CCNC(=NCc1cccc(CN2CCCC2=O)c1)N1CCC2(CCCC2)C1. The Morgan fingerprint density at radius 2 is 1.96 bits per heavy atom. The zero-order valence-electron chi connectivity index (χ0n) is 17.3. The van der Waals surface area contributed by atoms with Crippen molar-refractivity contribution in [3.8, 4) is 0 Å². The van der Waals surface area contributed by atoms with E-state index in [4.69, 9.17) is 4.99 Å². The Labute approximate surface area is 169 Å². The Kier molecular flexibility index (Phi) is 5.88. The fourth-order valence-electron chi connectivity index (χ4n) is 5.16. The average Bonchev–Trinajstić information content (AvgIpc) is 3.43. The third-order valence-corrected chi connectivity index (χ3v) is 6.68. The van der Waals surface area contributed by atoms with Crippen LogP contribution >= 0.6 is 0 Å². The summed E-state index contributed by atoms with van der Waals surface area (Å²) in [4.78, 5) is 21.3. The molecule has 0 unspecified atom stereocenters. The van der Waals surface area contributed by atoms with Gasteiger partial charge >= 0.3 is 0 Å². The van der Waals surface area contributed by atoms with Crippen LogP contribution in [0.5, 0.6) is 0 Å². The fourth-order valence-corrected chi connectivity index (χ4v) is 5.16. The number of likely N-dealkylation sites (tertiary alicyclic amines) is 2. The number of carbonyl (C=O) groups is 1. The molecule has 0 radical (unpaired) electrons. The molecule has 1 N–H and O–H groups in total. The van der Waals surface area contributed by atoms with Crippen LogP contribution in [0.1, 0.15) is 63.0 Å². The summed E-state index contributed by atoms with van der Waals surface area (Å²) in [5.41, 5.74) is 2.98. The smallest absolute Gasteiger partial charge is 0.222 e. The minimum absolute atomic E-state index is 0.285. The molecule has 152 valence electrons. The molecule has 0 bridgehead atoms. The van der Waals surface area contributed by atoms with E-state index in [2.05, 4.69) is 41.4 Å². The summed E-state index contributed by atoms with van der Waals surface area (Å²) in [6.07, 6.45) is 8.58. The first-order valence-corrected chi connectivity index (χ1v) is 11.1. The standard InChI is InChI=1S/C23H34N4O/c1-2-24-22(27-14-12-23(18-27)10-3-4-11-23)25-16-19-7-5-8-20(15-19)17-26-13-6-9-21(26)28/h5,7-8,15H,2-4,6,9-14,16-18H2,1H3,(H,24,25). The molecule has 2 aliphatic heterocycles. The minimum Gasteiger partial charge on any atom is -0.357 e. The molecule has 1 aromatic carbocycles. The number of hydrogen-bond donors (Lipinski definition) is 1. The molecular formula is C23H34N4O. The van der Waals surface area contributed by atoms with Crippen molar-refractivity contribution in [1.29, 1.82) is 0 Å². The second-order valence-electron chi connectivity index (χ2n) is 8.79. The lowest BCUT2D eigenvalue weighted by atomic mass is 9.86. The molecule has 5 heteroatoms. The summed E-state index contributed by atoms with van der Waals surface area (Å²) in [5.74, 6) is 1.35. The lowest BCUT2D eigenvalue weighted by Crippen LogP contribution is -2.41. The van der Waals surface area contributed by atoms with E-state index in [0.29, 0.717) is 18.4 Å². The van der Waals surface area contributed by atoms with Crippen molar-refractivity contribution in [1.82, 2.24) is 15.1 Å². The first-order valence-electron chi connectivity index (χ1n) is 11.1. The minimum atomic E-state index is 0.285. The highest BCUT2D eigenvalue weighted by Gasteiger charge is 2.41. The molecule has 1 spiro atoms. The molecule has 3 aliphatic rings. The van der Waals surface area contributed by atoms with Gasteiger partial charge in [-0.05, 0) is 49.1 Å². The van der Waals surface area contributed by atoms with Crippen LogP contribution in [0, 0.1) is 5.41 Å². The molecule has 1 aromatic rings. The summed E-state index contributed by atoms with van der Waals surface area (Å²) >= 11 is 0. The molecule has 0 atom stereocenters. The van der Waals surface area contributed by atoms with Gasteiger partial charge in [0, 0.05) is 39.1 Å². The zero-order chi connectivity index (χ0) is 19.4. The molecule has 2 saturated heterocycles. The van der Waals surface area contributed by atoms with Gasteiger partial charge in [-0.25, -0.2) is 4.99 Å². The number of amides is 1. The van der Waals surface area contributed by atoms with E-state index < -0.39 is 0 Å². The van der Waals surface area contributed by atoms with Crippen LogP contribution in [0.4, 0.5) is 0 Å². The van der Waals surface area contributed by atoms with Gasteiger partial charge in [-0.1, -0.05) is 37.1 Å². The maximum absolute atomic E-state index is 11.9. The summed E-state index contributed by atoms with van der Waals surface area (Å²) in [5, 5.41) is 3.50. The molecule has 1 amide bonds. The van der Waals surface area contributed by atoms with E-state index in [1.54, 1.807) is 0 Å². The Balaban J connectivity index is 1.41. The van der Waals surface area contributed by atoms with Crippen molar-refractivity contribution in [2.75, 3.05) is 26.2 Å². The first kappa shape index (κ1) is 19.3. The Hall–Kier alpha value is -2.04. The summed E-state index contributed by atoms with van der Waals surface area (Å²) in [6, 6.07) is 8.57.